The minimum absolute atomic E-state index is 0.0951. The molecule has 1 aliphatic heterocycles. The first-order valence-corrected chi connectivity index (χ1v) is 10.8. The number of alkyl halides is 3. The second-order valence-electron chi connectivity index (χ2n) is 7.24. The van der Waals surface area contributed by atoms with E-state index in [2.05, 4.69) is 15.8 Å². The number of aryl methyl sites for hydroxylation is 1. The van der Waals surface area contributed by atoms with Crippen molar-refractivity contribution in [3.63, 3.8) is 0 Å². The normalized spacial score (nSPS) is 15.1. The zero-order valence-electron chi connectivity index (χ0n) is 17.1. The number of hydrogen-bond acceptors (Lipinski definition) is 6. The first kappa shape index (κ1) is 23.0. The van der Waals surface area contributed by atoms with Crippen LogP contribution in [0.25, 0.3) is 0 Å². The van der Waals surface area contributed by atoms with E-state index in [0.29, 0.717) is 11.4 Å². The molecule has 11 heteroatoms. The molecule has 3 rings (SSSR count). The van der Waals surface area contributed by atoms with Crippen molar-refractivity contribution in [2.24, 2.45) is 0 Å². The number of rotatable bonds is 7. The molecule has 2 aromatic rings. The first-order chi connectivity index (χ1) is 14.6. The van der Waals surface area contributed by atoms with E-state index in [0.717, 1.165) is 49.8 Å². The molecule has 1 saturated heterocycles. The maximum Gasteiger partial charge on any atom is 0.416 e. The number of benzene rings is 1. The highest BCUT2D eigenvalue weighted by atomic mass is 32.2. The Labute approximate surface area is 181 Å². The fourth-order valence-electron chi connectivity index (χ4n) is 3.16. The van der Waals surface area contributed by atoms with Gasteiger partial charge in [0, 0.05) is 19.2 Å². The van der Waals surface area contributed by atoms with Gasteiger partial charge in [0.15, 0.2) is 5.82 Å². The van der Waals surface area contributed by atoms with Gasteiger partial charge in [-0.15, -0.1) is 11.8 Å². The van der Waals surface area contributed by atoms with Crippen molar-refractivity contribution in [1.29, 1.82) is 0 Å². The molecule has 0 radical (unpaired) electrons. The quantitative estimate of drug-likeness (QED) is 0.646. The van der Waals surface area contributed by atoms with Crippen molar-refractivity contribution in [1.82, 2.24) is 5.16 Å². The minimum Gasteiger partial charge on any atom is -0.370 e. The summed E-state index contributed by atoms with van der Waals surface area (Å²) in [6, 6.07) is 4.94. The molecule has 0 spiro atoms. The minimum atomic E-state index is -4.51. The number of halogens is 3. The van der Waals surface area contributed by atoms with E-state index in [1.165, 1.54) is 6.07 Å². The molecule has 2 N–H and O–H groups in total. The zero-order chi connectivity index (χ0) is 22.6. The molecular weight excluding hydrogens is 433 g/mol. The number of aromatic nitrogens is 1. The van der Waals surface area contributed by atoms with Gasteiger partial charge in [-0.1, -0.05) is 5.16 Å². The Balaban J connectivity index is 1.62. The lowest BCUT2D eigenvalue weighted by molar-refractivity contribution is -0.137. The van der Waals surface area contributed by atoms with Crippen molar-refractivity contribution >= 4 is 40.8 Å². The Morgan fingerprint density at radius 2 is 1.94 bits per heavy atom. The average molecular weight is 456 g/mol. The maximum atomic E-state index is 13.2. The summed E-state index contributed by atoms with van der Waals surface area (Å²) in [5, 5.41) is 8.26. The summed E-state index contributed by atoms with van der Waals surface area (Å²) >= 11 is 1.07. The molecule has 1 atom stereocenters. The Hall–Kier alpha value is -2.69. The largest absolute Gasteiger partial charge is 0.416 e. The molecule has 0 bridgehead atoms. The van der Waals surface area contributed by atoms with Crippen molar-refractivity contribution in [3.05, 3.63) is 35.6 Å². The Bertz CT molecular complexity index is 942. The first-order valence-electron chi connectivity index (χ1n) is 9.75. The monoisotopic (exact) mass is 456 g/mol. The fourth-order valence-corrected chi connectivity index (χ4v) is 3.85. The van der Waals surface area contributed by atoms with Crippen LogP contribution in [0.4, 0.5) is 30.4 Å². The molecule has 2 heterocycles. The number of nitrogens with one attached hydrogen (secondary N) is 2. The van der Waals surface area contributed by atoms with Crippen LogP contribution in [0.15, 0.2) is 28.8 Å². The van der Waals surface area contributed by atoms with Gasteiger partial charge >= 0.3 is 6.18 Å². The van der Waals surface area contributed by atoms with E-state index in [-0.39, 0.29) is 23.2 Å². The molecule has 168 valence electrons. The van der Waals surface area contributed by atoms with Crippen LogP contribution in [0.2, 0.25) is 0 Å². The van der Waals surface area contributed by atoms with E-state index in [1.807, 2.05) is 4.90 Å². The smallest absolute Gasteiger partial charge is 0.370 e. The van der Waals surface area contributed by atoms with Crippen LogP contribution in [0.1, 0.15) is 31.1 Å². The number of carbonyl (C=O) groups excluding carboxylic acids is 2. The van der Waals surface area contributed by atoms with Crippen LogP contribution < -0.4 is 15.5 Å². The molecular formula is C20H23F3N4O3S. The zero-order valence-corrected chi connectivity index (χ0v) is 17.9. The molecule has 0 saturated carbocycles. The lowest BCUT2D eigenvalue weighted by Gasteiger charge is -2.23. The molecule has 1 aromatic heterocycles. The van der Waals surface area contributed by atoms with Gasteiger partial charge in [0.1, 0.15) is 5.76 Å². The molecule has 0 unspecified atom stereocenters. The van der Waals surface area contributed by atoms with Crippen LogP contribution in [0, 0.1) is 6.92 Å². The summed E-state index contributed by atoms with van der Waals surface area (Å²) in [6.07, 6.45) is -2.62. The van der Waals surface area contributed by atoms with Crippen LogP contribution >= 0.6 is 11.8 Å². The molecule has 7 nitrogen and oxygen atoms in total. The van der Waals surface area contributed by atoms with Gasteiger partial charge in [-0.25, -0.2) is 0 Å². The predicted molar refractivity (Wildman–Crippen MR) is 113 cm³/mol. The number of thioether (sulfide) groups is 1. The van der Waals surface area contributed by atoms with E-state index in [4.69, 9.17) is 4.52 Å². The summed E-state index contributed by atoms with van der Waals surface area (Å²) < 4.78 is 44.3. The predicted octanol–water partition coefficient (Wildman–Crippen LogP) is 4.30. The maximum absolute atomic E-state index is 13.2. The number of anilines is 3. The Kier molecular flexibility index (Phi) is 7.14. The summed E-state index contributed by atoms with van der Waals surface area (Å²) in [5.74, 6) is -0.115. The summed E-state index contributed by atoms with van der Waals surface area (Å²) in [7, 11) is 0. The number of hydrogen-bond donors (Lipinski definition) is 2. The summed E-state index contributed by atoms with van der Waals surface area (Å²) in [5.41, 5.74) is -0.136. The van der Waals surface area contributed by atoms with Gasteiger partial charge < -0.3 is 20.1 Å². The number of amides is 2. The SMILES string of the molecule is Cc1cc(NC(=O)[C@H](C)SCC(=O)Nc2cc(C(F)(F)F)ccc2N2CCCC2)no1. The third-order valence-electron chi connectivity index (χ3n) is 4.76. The molecule has 0 aliphatic carbocycles. The second-order valence-corrected chi connectivity index (χ2v) is 8.57. The number of nitrogens with zero attached hydrogens (tertiary/aromatic N) is 2. The third kappa shape index (κ3) is 6.16. The van der Waals surface area contributed by atoms with Gasteiger partial charge in [-0.05, 0) is 44.9 Å². The van der Waals surface area contributed by atoms with Crippen LogP contribution in [0.5, 0.6) is 0 Å². The van der Waals surface area contributed by atoms with E-state index in [1.54, 1.807) is 19.9 Å². The van der Waals surface area contributed by atoms with Crippen molar-refractivity contribution in [3.8, 4) is 0 Å². The van der Waals surface area contributed by atoms with Gasteiger partial charge in [0.2, 0.25) is 11.8 Å². The Morgan fingerprint density at radius 1 is 1.23 bits per heavy atom. The van der Waals surface area contributed by atoms with Gasteiger partial charge in [-0.3, -0.25) is 9.59 Å². The topological polar surface area (TPSA) is 87.5 Å². The van der Waals surface area contributed by atoms with Gasteiger partial charge in [0.25, 0.3) is 0 Å². The summed E-state index contributed by atoms with van der Waals surface area (Å²) in [4.78, 5) is 26.6. The molecule has 1 aliphatic rings. The third-order valence-corrected chi connectivity index (χ3v) is 5.90. The highest BCUT2D eigenvalue weighted by Gasteiger charge is 2.32. The van der Waals surface area contributed by atoms with E-state index >= 15 is 0 Å². The van der Waals surface area contributed by atoms with Crippen molar-refractivity contribution in [2.45, 2.75) is 38.1 Å². The lowest BCUT2D eigenvalue weighted by Crippen LogP contribution is -2.26. The fraction of sp³-hybridized carbons (Fsp3) is 0.450. The van der Waals surface area contributed by atoms with Crippen molar-refractivity contribution < 1.29 is 27.3 Å². The molecule has 2 amide bonds. The van der Waals surface area contributed by atoms with Crippen LogP contribution in [0.3, 0.4) is 0 Å². The Morgan fingerprint density at radius 3 is 2.55 bits per heavy atom. The summed E-state index contributed by atoms with van der Waals surface area (Å²) in [6.45, 7) is 4.76. The molecule has 1 fully saturated rings. The average Bonchev–Trinajstić information content (AvgIpc) is 3.37. The van der Waals surface area contributed by atoms with E-state index < -0.39 is 22.9 Å². The molecule has 31 heavy (non-hydrogen) atoms. The number of carbonyl (C=O) groups is 2. The van der Waals surface area contributed by atoms with Crippen LogP contribution in [-0.4, -0.2) is 41.1 Å². The standard InChI is InChI=1S/C20H23F3N4O3S/c1-12-9-17(26-30-12)25-19(29)13(2)31-11-18(28)24-15-10-14(20(21,22)23)5-6-16(15)27-7-3-4-8-27/h5-6,9-10,13H,3-4,7-8,11H2,1-2H3,(H,24,28)(H,25,26,29)/t13-/m0/s1. The highest BCUT2D eigenvalue weighted by molar-refractivity contribution is 8.01. The second kappa shape index (κ2) is 9.63. The highest BCUT2D eigenvalue weighted by Crippen LogP contribution is 2.36. The van der Waals surface area contributed by atoms with Gasteiger partial charge in [-0.2, -0.15) is 13.2 Å². The molecule has 1 aromatic carbocycles. The van der Waals surface area contributed by atoms with E-state index in [9.17, 15) is 22.8 Å². The van der Waals surface area contributed by atoms with Crippen molar-refractivity contribution in [2.75, 3.05) is 34.4 Å². The lowest BCUT2D eigenvalue weighted by atomic mass is 10.1. The van der Waals surface area contributed by atoms with Gasteiger partial charge in [0.05, 0.1) is 27.9 Å². The van der Waals surface area contributed by atoms with Crippen LogP contribution in [-0.2, 0) is 15.8 Å².